The van der Waals surface area contributed by atoms with E-state index in [2.05, 4.69) is 181 Å². The topological polar surface area (TPSA) is 0 Å². The van der Waals surface area contributed by atoms with Crippen molar-refractivity contribution in [1.82, 2.24) is 0 Å². The maximum atomic E-state index is 2.70. The Hall–Kier alpha value is -4.11. The molecule has 1 heterocycles. The number of rotatable bonds is 11. The molecule has 0 nitrogen and oxygen atoms in total. The van der Waals surface area contributed by atoms with Gasteiger partial charge in [-0.1, -0.05) is 0 Å². The van der Waals surface area contributed by atoms with Crippen molar-refractivity contribution >= 4 is 35.4 Å². The van der Waals surface area contributed by atoms with Gasteiger partial charge in [0.25, 0.3) is 0 Å². The van der Waals surface area contributed by atoms with Gasteiger partial charge in [-0.25, -0.2) is 0 Å². The molecule has 9 rings (SSSR count). The molecule has 0 saturated carbocycles. The summed E-state index contributed by atoms with van der Waals surface area (Å²) in [4.78, 5) is 0. The molecule has 6 aromatic rings. The molecule has 279 valence electrons. The van der Waals surface area contributed by atoms with Gasteiger partial charge in [0.1, 0.15) is 0 Å². The van der Waals surface area contributed by atoms with E-state index >= 15 is 0 Å². The number of benzene rings is 6. The molecule has 56 heavy (non-hydrogen) atoms. The van der Waals surface area contributed by atoms with Crippen molar-refractivity contribution in [2.24, 2.45) is 0 Å². The van der Waals surface area contributed by atoms with Crippen LogP contribution in [0.5, 0.6) is 0 Å². The van der Waals surface area contributed by atoms with E-state index in [4.69, 9.17) is 0 Å². The molecule has 0 fully saturated rings. The Morgan fingerprint density at radius 1 is 0.482 bits per heavy atom. The molecule has 2 aliphatic carbocycles. The van der Waals surface area contributed by atoms with Crippen LogP contribution in [-0.4, -0.2) is 9.52 Å². The van der Waals surface area contributed by atoms with Crippen LogP contribution in [0.25, 0.3) is 45.5 Å². The summed E-state index contributed by atoms with van der Waals surface area (Å²) in [5.74, 6) is 0.937. The van der Waals surface area contributed by atoms with Crippen LogP contribution in [0.3, 0.4) is 0 Å². The zero-order chi connectivity index (χ0) is 38.5. The monoisotopic (exact) mass is 911 g/mol. The summed E-state index contributed by atoms with van der Waals surface area (Å²) in [5.41, 5.74) is 21.3. The van der Waals surface area contributed by atoms with Gasteiger partial charge in [-0.2, -0.15) is 0 Å². The second-order valence-corrected chi connectivity index (χ2v) is 28.2. The molecule has 1 aliphatic heterocycles. The standard InChI is InChI=1S/2C21H23.C12H9Si.Hf/c2*1-4-8-16-13-17-9-7-12-20(21(17)14-16)19-11-6-5-10-18(19)15(2)3;1-3-7-11-9(5-1)10-6-2-4-8-12(10)13-11;/h2*5-7,9-15H,4,8H2,1-3H3;1-7H,13H2;. The van der Waals surface area contributed by atoms with Gasteiger partial charge in [0, 0.05) is 0 Å². The fraction of sp³-hybridized carbons (Fsp3) is 0.259. The van der Waals surface area contributed by atoms with Crippen LogP contribution in [0.4, 0.5) is 0 Å². The first-order chi connectivity index (χ1) is 27.4. The molecule has 0 aromatic heterocycles. The first-order valence-electron chi connectivity index (χ1n) is 21.3. The van der Waals surface area contributed by atoms with E-state index in [1.165, 1.54) is 75.8 Å². The Bertz CT molecular complexity index is 2390. The average molecular weight is 911 g/mol. The van der Waals surface area contributed by atoms with E-state index in [1.807, 2.05) is 3.32 Å². The molecule has 3 aliphatic rings. The van der Waals surface area contributed by atoms with E-state index in [0.29, 0.717) is 19.2 Å². The fourth-order valence-electron chi connectivity index (χ4n) is 10.5. The summed E-state index contributed by atoms with van der Waals surface area (Å²) in [6.07, 6.45) is 10.1. The van der Waals surface area contributed by atoms with Gasteiger partial charge in [-0.3, -0.25) is 0 Å². The predicted molar refractivity (Wildman–Crippen MR) is 243 cm³/mol. The molecule has 2 unspecified atom stereocenters. The third kappa shape index (κ3) is 6.36. The first kappa shape index (κ1) is 37.5. The number of fused-ring (bicyclic) bond motifs is 5. The summed E-state index contributed by atoms with van der Waals surface area (Å²) in [6.45, 7) is 14.2. The quantitative estimate of drug-likeness (QED) is 0.113. The van der Waals surface area contributed by atoms with Crippen LogP contribution in [0, 0.1) is 0 Å². The van der Waals surface area contributed by atoms with Crippen molar-refractivity contribution in [3.8, 4) is 33.4 Å². The van der Waals surface area contributed by atoms with Crippen LogP contribution in [-0.2, 0) is 21.4 Å². The minimum atomic E-state index is -3.10. The van der Waals surface area contributed by atoms with Crippen molar-refractivity contribution in [2.45, 2.75) is 86.4 Å². The predicted octanol–water partition coefficient (Wildman–Crippen LogP) is 12.5. The maximum absolute atomic E-state index is 3.10. The van der Waals surface area contributed by atoms with Crippen LogP contribution in [0.1, 0.15) is 120 Å². The van der Waals surface area contributed by atoms with Crippen LogP contribution < -0.4 is 13.7 Å². The van der Waals surface area contributed by atoms with Gasteiger partial charge in [-0.15, -0.1) is 0 Å². The van der Waals surface area contributed by atoms with Gasteiger partial charge in [-0.05, 0) is 0 Å². The zero-order valence-corrected chi connectivity index (χ0v) is 39.1. The summed E-state index contributed by atoms with van der Waals surface area (Å²) >= 11 is -3.10. The third-order valence-corrected chi connectivity index (χ3v) is 29.6. The Labute approximate surface area is 346 Å². The molecular weight excluding hydrogens is 855 g/mol. The fourth-order valence-corrected chi connectivity index (χ4v) is 30.0. The molecule has 0 saturated heterocycles. The molecule has 0 bridgehead atoms. The Morgan fingerprint density at radius 3 is 1.45 bits per heavy atom. The number of hydrogen-bond donors (Lipinski definition) is 0. The van der Waals surface area contributed by atoms with Crippen LogP contribution in [0.15, 0.2) is 139 Å². The van der Waals surface area contributed by atoms with Gasteiger partial charge in [0.15, 0.2) is 0 Å². The molecule has 2 atom stereocenters. The molecule has 0 spiro atoms. The summed E-state index contributed by atoms with van der Waals surface area (Å²) < 4.78 is 2.83. The van der Waals surface area contributed by atoms with Crippen LogP contribution >= 0.6 is 0 Å². The van der Waals surface area contributed by atoms with E-state index in [-0.39, 0.29) is 0 Å². The van der Waals surface area contributed by atoms with Gasteiger partial charge < -0.3 is 0 Å². The van der Waals surface area contributed by atoms with E-state index < -0.39 is 31.0 Å². The third-order valence-electron chi connectivity index (χ3n) is 12.9. The first-order valence-corrected chi connectivity index (χ1v) is 28.7. The van der Waals surface area contributed by atoms with Crippen molar-refractivity contribution in [3.63, 3.8) is 0 Å². The van der Waals surface area contributed by atoms with E-state index in [0.717, 1.165) is 0 Å². The zero-order valence-electron chi connectivity index (χ0n) is 34.1. The average Bonchev–Trinajstić information content (AvgIpc) is 3.90. The van der Waals surface area contributed by atoms with Crippen molar-refractivity contribution < 1.29 is 21.4 Å². The van der Waals surface area contributed by atoms with Gasteiger partial charge >= 0.3 is 349 Å². The summed E-state index contributed by atoms with van der Waals surface area (Å²) in [5, 5.41) is 3.40. The minimum absolute atomic E-state index is 0.468. The Balaban J connectivity index is 1.31. The Morgan fingerprint density at radius 2 is 0.929 bits per heavy atom. The molecule has 6 aromatic carbocycles. The second kappa shape index (κ2) is 15.7. The second-order valence-electron chi connectivity index (χ2n) is 17.0. The van der Waals surface area contributed by atoms with E-state index in [9.17, 15) is 0 Å². The van der Waals surface area contributed by atoms with Crippen molar-refractivity contribution in [2.75, 3.05) is 0 Å². The molecular formula is C54H55HfSi. The molecule has 0 amide bonds. The number of hydrogen-bond acceptors (Lipinski definition) is 0. The van der Waals surface area contributed by atoms with Crippen LogP contribution in [0.2, 0.25) is 0 Å². The van der Waals surface area contributed by atoms with Gasteiger partial charge in [0.2, 0.25) is 0 Å². The SMILES string of the molecule is CCCC1=Cc2c(-c3ccccc3C(C)C)cccc2[CH]1[Hf]([c]1cccc2c1[SiH2]c1ccccc1-2)[CH]1C(CCC)=Cc2c(-c3ccccc3C(C)C)cccc21. The Kier molecular flexibility index (Phi) is 10.5. The van der Waals surface area contributed by atoms with Crippen molar-refractivity contribution in [3.05, 3.63) is 172 Å². The molecule has 0 N–H and O–H groups in total. The molecule has 2 heteroatoms. The van der Waals surface area contributed by atoms with Crippen molar-refractivity contribution in [1.29, 1.82) is 0 Å². The number of allylic oxidation sites excluding steroid dienone is 2. The normalized spacial score (nSPS) is 16.9. The molecule has 0 radical (unpaired) electrons. The van der Waals surface area contributed by atoms with E-state index in [1.54, 1.807) is 38.2 Å². The summed E-state index contributed by atoms with van der Waals surface area (Å²) in [7, 11) is -0.608. The summed E-state index contributed by atoms with van der Waals surface area (Å²) in [6, 6.07) is 50.1. The van der Waals surface area contributed by atoms with Gasteiger partial charge in [0.05, 0.1) is 0 Å².